The van der Waals surface area contributed by atoms with E-state index in [9.17, 15) is 20.1 Å². The van der Waals surface area contributed by atoms with Crippen molar-refractivity contribution in [2.45, 2.75) is 29.7 Å². The molecule has 7 N–H and O–H groups in total. The molecule has 0 saturated carbocycles. The lowest BCUT2D eigenvalue weighted by atomic mass is 9.97. The minimum Gasteiger partial charge on any atom is -0.490 e. The van der Waals surface area contributed by atoms with E-state index in [0.717, 1.165) is 16.3 Å². The number of carbonyl (C=O) groups is 2. The minimum atomic E-state index is -0.665. The molecule has 0 bridgehead atoms. The standard InChI is InChI=1S/C32H31ClN8O4S2.2ClH/c33-21-5-1-20(2-6-21)31-40-22(17-46-31)18-47-32-25(16-36)28(24(15-35)29(37)41-32)19-3-7-23(8-4-19)44-13-14-45-27(42)10-9-26(30(38)43)39-12-11-34;;/h1-8,17,26,39H,9-14,18,34H2,(H2,37,41)(H2,38,43);2*1H/t26-;;/m1../s1. The number of anilines is 1. The van der Waals surface area contributed by atoms with Gasteiger partial charge in [-0.05, 0) is 36.2 Å². The number of halogens is 3. The highest BCUT2D eigenvalue weighted by atomic mass is 35.5. The van der Waals surface area contributed by atoms with E-state index in [1.165, 1.54) is 23.1 Å². The van der Waals surface area contributed by atoms with Crippen LogP contribution >= 0.6 is 59.5 Å². The van der Waals surface area contributed by atoms with Crippen LogP contribution in [0.4, 0.5) is 5.82 Å². The van der Waals surface area contributed by atoms with Gasteiger partial charge < -0.3 is 32.0 Å². The number of hydrogen-bond donors (Lipinski definition) is 4. The lowest BCUT2D eigenvalue weighted by molar-refractivity contribution is -0.144. The first-order valence-corrected chi connectivity index (χ1v) is 16.6. The average molecular weight is 764 g/mol. The van der Waals surface area contributed by atoms with E-state index in [1.54, 1.807) is 24.3 Å². The van der Waals surface area contributed by atoms with Crippen molar-refractivity contribution < 1.29 is 19.1 Å². The van der Waals surface area contributed by atoms with E-state index >= 15 is 0 Å². The first-order valence-electron chi connectivity index (χ1n) is 14.3. The fraction of sp³-hybridized carbons (Fsp3) is 0.250. The molecule has 49 heavy (non-hydrogen) atoms. The number of amides is 1. The van der Waals surface area contributed by atoms with E-state index in [2.05, 4.69) is 22.4 Å². The van der Waals surface area contributed by atoms with Crippen LogP contribution in [0.5, 0.6) is 5.75 Å². The van der Waals surface area contributed by atoms with Gasteiger partial charge in [0.15, 0.2) is 0 Å². The van der Waals surface area contributed by atoms with Gasteiger partial charge in [0, 0.05) is 46.8 Å². The third kappa shape index (κ3) is 11.5. The molecule has 0 aliphatic heterocycles. The van der Waals surface area contributed by atoms with Crippen molar-refractivity contribution in [3.63, 3.8) is 0 Å². The second-order valence-corrected chi connectivity index (χ2v) is 12.2. The molecule has 0 unspecified atom stereocenters. The smallest absolute Gasteiger partial charge is 0.305 e. The number of primary amides is 1. The summed E-state index contributed by atoms with van der Waals surface area (Å²) in [6.45, 7) is 0.822. The van der Waals surface area contributed by atoms with Gasteiger partial charge in [-0.1, -0.05) is 47.6 Å². The number of nitrogens with one attached hydrogen (secondary N) is 1. The Labute approximate surface area is 309 Å². The zero-order valence-corrected chi connectivity index (χ0v) is 29.9. The van der Waals surface area contributed by atoms with Crippen LogP contribution in [0.1, 0.15) is 29.7 Å². The quantitative estimate of drug-likeness (QED) is 0.0667. The zero-order valence-electron chi connectivity index (χ0n) is 25.9. The van der Waals surface area contributed by atoms with Gasteiger partial charge >= 0.3 is 5.97 Å². The molecule has 17 heteroatoms. The van der Waals surface area contributed by atoms with Gasteiger partial charge in [-0.3, -0.25) is 9.59 Å². The maximum atomic E-state index is 12.1. The summed E-state index contributed by atoms with van der Waals surface area (Å²) in [5.41, 5.74) is 20.0. The van der Waals surface area contributed by atoms with E-state index in [4.69, 9.17) is 43.3 Å². The van der Waals surface area contributed by atoms with Crippen LogP contribution in [0.25, 0.3) is 21.7 Å². The Morgan fingerprint density at radius 2 is 1.67 bits per heavy atom. The third-order valence-electron chi connectivity index (χ3n) is 6.69. The number of thioether (sulfide) groups is 1. The van der Waals surface area contributed by atoms with E-state index in [-0.39, 0.29) is 67.8 Å². The van der Waals surface area contributed by atoms with Crippen molar-refractivity contribution >= 4 is 77.2 Å². The SMILES string of the molecule is Cl.Cl.N#Cc1c(N)nc(SCc2csc(-c3ccc(Cl)cc3)n2)c(C#N)c1-c1ccc(OCCOC(=O)CC[C@@H](NCCN)C(N)=O)cc1. The lowest BCUT2D eigenvalue weighted by Crippen LogP contribution is -2.43. The predicted molar refractivity (Wildman–Crippen MR) is 196 cm³/mol. The summed E-state index contributed by atoms with van der Waals surface area (Å²) in [4.78, 5) is 32.6. The number of esters is 1. The van der Waals surface area contributed by atoms with Gasteiger partial charge in [-0.15, -0.1) is 36.2 Å². The molecule has 2 aromatic heterocycles. The van der Waals surface area contributed by atoms with Gasteiger partial charge in [0.1, 0.15) is 52.5 Å². The topological polar surface area (TPSA) is 216 Å². The highest BCUT2D eigenvalue weighted by molar-refractivity contribution is 7.98. The van der Waals surface area contributed by atoms with Gasteiger partial charge in [-0.2, -0.15) is 10.5 Å². The summed E-state index contributed by atoms with van der Waals surface area (Å²) >= 11 is 8.81. The normalized spacial score (nSPS) is 10.9. The molecule has 0 aliphatic carbocycles. The Morgan fingerprint density at radius 3 is 2.31 bits per heavy atom. The Bertz CT molecular complexity index is 1800. The van der Waals surface area contributed by atoms with Crippen molar-refractivity contribution in [3.8, 4) is 39.6 Å². The summed E-state index contributed by atoms with van der Waals surface area (Å²) in [5, 5.41) is 26.7. The van der Waals surface area contributed by atoms with Crippen LogP contribution in [0.15, 0.2) is 58.9 Å². The van der Waals surface area contributed by atoms with Crippen LogP contribution in [0.3, 0.4) is 0 Å². The Morgan fingerprint density at radius 1 is 1.00 bits per heavy atom. The molecule has 12 nitrogen and oxygen atoms in total. The molecular formula is C32H33Cl3N8O4S2. The van der Waals surface area contributed by atoms with Crippen molar-refractivity contribution in [3.05, 3.63) is 75.8 Å². The van der Waals surface area contributed by atoms with Crippen LogP contribution in [0.2, 0.25) is 5.02 Å². The summed E-state index contributed by atoms with van der Waals surface area (Å²) in [7, 11) is 0. The molecule has 0 saturated heterocycles. The molecule has 0 fully saturated rings. The number of hydrogen-bond acceptors (Lipinski definition) is 13. The maximum Gasteiger partial charge on any atom is 0.305 e. The summed E-state index contributed by atoms with van der Waals surface area (Å²) in [6.07, 6.45) is 0.202. The molecule has 258 valence electrons. The number of pyridine rings is 1. The number of rotatable bonds is 16. The molecule has 4 aromatic rings. The van der Waals surface area contributed by atoms with Gasteiger partial charge in [0.05, 0.1) is 17.3 Å². The molecule has 2 aromatic carbocycles. The number of nitrogen functional groups attached to an aromatic ring is 1. The number of nitrogens with two attached hydrogens (primary N) is 3. The van der Waals surface area contributed by atoms with Crippen LogP contribution in [0, 0.1) is 22.7 Å². The molecule has 1 atom stereocenters. The van der Waals surface area contributed by atoms with Crippen LogP contribution in [-0.4, -0.2) is 54.2 Å². The summed E-state index contributed by atoms with van der Waals surface area (Å²) in [6, 6.07) is 17.8. The molecule has 0 spiro atoms. The Kier molecular flexibility index (Phi) is 17.1. The fourth-order valence-electron chi connectivity index (χ4n) is 4.40. The lowest BCUT2D eigenvalue weighted by Gasteiger charge is -2.14. The van der Waals surface area contributed by atoms with Crippen LogP contribution < -0.4 is 27.3 Å². The third-order valence-corrected chi connectivity index (χ3v) is 8.89. The Hall–Kier alpha value is -4.12. The van der Waals surface area contributed by atoms with E-state index in [0.29, 0.717) is 45.8 Å². The number of nitriles is 2. The monoisotopic (exact) mass is 762 g/mol. The van der Waals surface area contributed by atoms with E-state index < -0.39 is 17.9 Å². The largest absolute Gasteiger partial charge is 0.490 e. The average Bonchev–Trinajstić information content (AvgIpc) is 3.55. The van der Waals surface area contributed by atoms with Gasteiger partial charge in [0.25, 0.3) is 0 Å². The fourth-order valence-corrected chi connectivity index (χ4v) is 6.35. The Balaban J connectivity index is 0.00000417. The van der Waals surface area contributed by atoms with Crippen molar-refractivity contribution in [2.24, 2.45) is 11.5 Å². The summed E-state index contributed by atoms with van der Waals surface area (Å²) in [5.74, 6) is -0.114. The van der Waals surface area contributed by atoms with Crippen LogP contribution in [-0.2, 0) is 20.1 Å². The zero-order chi connectivity index (χ0) is 33.8. The number of thiazole rings is 1. The molecule has 2 heterocycles. The molecular weight excluding hydrogens is 731 g/mol. The molecule has 0 radical (unpaired) electrons. The maximum absolute atomic E-state index is 12.1. The number of aromatic nitrogens is 2. The first kappa shape index (κ1) is 41.1. The highest BCUT2D eigenvalue weighted by Crippen LogP contribution is 2.37. The number of ether oxygens (including phenoxy) is 2. The minimum absolute atomic E-state index is 0. The van der Waals surface area contributed by atoms with Crippen molar-refractivity contribution in [2.75, 3.05) is 32.0 Å². The predicted octanol–water partition coefficient (Wildman–Crippen LogP) is 5.09. The molecule has 0 aliphatic rings. The number of carbonyl (C=O) groups excluding carboxylic acids is 2. The van der Waals surface area contributed by atoms with Crippen molar-refractivity contribution in [1.82, 2.24) is 15.3 Å². The molecule has 1 amide bonds. The van der Waals surface area contributed by atoms with Gasteiger partial charge in [-0.25, -0.2) is 9.97 Å². The van der Waals surface area contributed by atoms with E-state index in [1.807, 2.05) is 29.6 Å². The highest BCUT2D eigenvalue weighted by Gasteiger charge is 2.21. The number of nitrogens with zero attached hydrogens (tertiary/aromatic N) is 4. The second-order valence-electron chi connectivity index (χ2n) is 9.92. The number of benzene rings is 2. The van der Waals surface area contributed by atoms with Gasteiger partial charge in [0.2, 0.25) is 5.91 Å². The molecule has 4 rings (SSSR count). The second kappa shape index (κ2) is 20.4. The van der Waals surface area contributed by atoms with Crippen molar-refractivity contribution in [1.29, 1.82) is 10.5 Å². The first-order chi connectivity index (χ1) is 22.7. The summed E-state index contributed by atoms with van der Waals surface area (Å²) < 4.78 is 10.9.